The zero-order valence-electron chi connectivity index (χ0n) is 14.7. The molecule has 2 aromatic carbocycles. The van der Waals surface area contributed by atoms with Gasteiger partial charge in [-0.2, -0.15) is 0 Å². The van der Waals surface area contributed by atoms with Gasteiger partial charge in [-0.1, -0.05) is 29.3 Å². The second-order valence-electron chi connectivity index (χ2n) is 6.70. The maximum Gasteiger partial charge on any atom is 0.268 e. The highest BCUT2D eigenvalue weighted by atomic mass is 35.5. The van der Waals surface area contributed by atoms with Crippen LogP contribution in [-0.4, -0.2) is 38.1 Å². The van der Waals surface area contributed by atoms with Gasteiger partial charge in [-0.3, -0.25) is 0 Å². The summed E-state index contributed by atoms with van der Waals surface area (Å²) in [6, 6.07) is 11.9. The van der Waals surface area contributed by atoms with E-state index >= 15 is 0 Å². The van der Waals surface area contributed by atoms with Gasteiger partial charge in [-0.05, 0) is 43.3 Å². The molecular weight excluding hydrogens is 405 g/mol. The number of hydrogen-bond donors (Lipinski definition) is 1. The standard InChI is InChI=1S/C19H19Cl2N3O2S/c1-13-12-23(10-8-22-13)19-16-7-9-24(18(16)6-5-17(19)21)27(25,26)15-4-2-3-14(20)11-15/h2-7,9,11,13,22H,8,10,12H2,1H3. The van der Waals surface area contributed by atoms with Gasteiger partial charge in [0.1, 0.15) is 0 Å². The van der Waals surface area contributed by atoms with Gasteiger partial charge in [0.15, 0.2) is 0 Å². The van der Waals surface area contributed by atoms with Gasteiger partial charge < -0.3 is 10.2 Å². The molecule has 1 unspecified atom stereocenters. The third-order valence-electron chi connectivity index (χ3n) is 4.80. The van der Waals surface area contributed by atoms with Crippen molar-refractivity contribution in [3.63, 3.8) is 0 Å². The van der Waals surface area contributed by atoms with E-state index < -0.39 is 10.0 Å². The predicted molar refractivity (Wildman–Crippen MR) is 111 cm³/mol. The molecule has 0 radical (unpaired) electrons. The predicted octanol–water partition coefficient (Wildman–Crippen LogP) is 3.98. The molecule has 1 aliphatic heterocycles. The topological polar surface area (TPSA) is 54.3 Å². The second kappa shape index (κ2) is 7.02. The van der Waals surface area contributed by atoms with Gasteiger partial charge in [-0.15, -0.1) is 0 Å². The number of nitrogens with one attached hydrogen (secondary N) is 1. The lowest BCUT2D eigenvalue weighted by Gasteiger charge is -2.34. The summed E-state index contributed by atoms with van der Waals surface area (Å²) in [5, 5.41) is 5.23. The lowest BCUT2D eigenvalue weighted by Crippen LogP contribution is -2.49. The summed E-state index contributed by atoms with van der Waals surface area (Å²) in [6.07, 6.45) is 1.58. The number of aromatic nitrogens is 1. The SMILES string of the molecule is CC1CN(c2c(Cl)ccc3c2ccn3S(=O)(=O)c2cccc(Cl)c2)CCN1. The maximum absolute atomic E-state index is 13.1. The Bertz CT molecular complexity index is 1110. The minimum atomic E-state index is -3.76. The van der Waals surface area contributed by atoms with Gasteiger partial charge in [0.05, 0.1) is 21.1 Å². The molecule has 1 saturated heterocycles. The molecule has 1 aliphatic rings. The summed E-state index contributed by atoms with van der Waals surface area (Å²) < 4.78 is 27.6. The van der Waals surface area contributed by atoms with Crippen LogP contribution >= 0.6 is 23.2 Å². The molecule has 1 aromatic heterocycles. The molecule has 142 valence electrons. The number of rotatable bonds is 3. The van der Waals surface area contributed by atoms with Gasteiger partial charge in [0, 0.05) is 42.3 Å². The molecule has 27 heavy (non-hydrogen) atoms. The number of piperazine rings is 1. The first-order valence-corrected chi connectivity index (χ1v) is 10.9. The number of halogens is 2. The number of nitrogens with zero attached hydrogens (tertiary/aromatic N) is 2. The van der Waals surface area contributed by atoms with E-state index in [0.29, 0.717) is 21.6 Å². The molecule has 1 atom stereocenters. The number of hydrogen-bond acceptors (Lipinski definition) is 4. The minimum absolute atomic E-state index is 0.153. The van der Waals surface area contributed by atoms with Crippen molar-refractivity contribution in [3.8, 4) is 0 Å². The summed E-state index contributed by atoms with van der Waals surface area (Å²) in [7, 11) is -3.76. The van der Waals surface area contributed by atoms with Crippen LogP contribution < -0.4 is 10.2 Å². The Morgan fingerprint density at radius 3 is 2.70 bits per heavy atom. The fraction of sp³-hybridized carbons (Fsp3) is 0.263. The first-order valence-electron chi connectivity index (χ1n) is 8.67. The minimum Gasteiger partial charge on any atom is -0.367 e. The van der Waals surface area contributed by atoms with E-state index in [4.69, 9.17) is 23.2 Å². The van der Waals surface area contributed by atoms with Crippen LogP contribution in [0.5, 0.6) is 0 Å². The van der Waals surface area contributed by atoms with Crippen LogP contribution in [-0.2, 0) is 10.0 Å². The van der Waals surface area contributed by atoms with Crippen molar-refractivity contribution in [2.24, 2.45) is 0 Å². The summed E-state index contributed by atoms with van der Waals surface area (Å²) in [5.41, 5.74) is 1.48. The zero-order chi connectivity index (χ0) is 19.2. The van der Waals surface area contributed by atoms with Gasteiger partial charge in [0.25, 0.3) is 10.0 Å². The average molecular weight is 424 g/mol. The first-order chi connectivity index (χ1) is 12.9. The molecule has 3 aromatic rings. The molecule has 4 rings (SSSR count). The molecule has 8 heteroatoms. The normalized spacial score (nSPS) is 18.2. The lowest BCUT2D eigenvalue weighted by atomic mass is 10.1. The highest BCUT2D eigenvalue weighted by molar-refractivity contribution is 7.90. The van der Waals surface area contributed by atoms with Gasteiger partial charge in [-0.25, -0.2) is 12.4 Å². The molecular formula is C19H19Cl2N3O2S. The van der Waals surface area contributed by atoms with E-state index in [-0.39, 0.29) is 4.90 Å². The third-order valence-corrected chi connectivity index (χ3v) is 7.02. The molecule has 1 N–H and O–H groups in total. The summed E-state index contributed by atoms with van der Waals surface area (Å²) in [6.45, 7) is 4.60. The zero-order valence-corrected chi connectivity index (χ0v) is 17.0. The number of benzene rings is 2. The molecule has 2 heterocycles. The Morgan fingerprint density at radius 1 is 1.15 bits per heavy atom. The quantitative estimate of drug-likeness (QED) is 0.691. The second-order valence-corrected chi connectivity index (χ2v) is 9.36. The van der Waals surface area contributed by atoms with Crippen LogP contribution in [0.2, 0.25) is 10.0 Å². The molecule has 0 spiro atoms. The number of anilines is 1. The van der Waals surface area contributed by atoms with Crippen molar-refractivity contribution in [1.82, 2.24) is 9.29 Å². The first kappa shape index (κ1) is 18.6. The van der Waals surface area contributed by atoms with Crippen LogP contribution in [0.15, 0.2) is 53.6 Å². The van der Waals surface area contributed by atoms with Crippen molar-refractivity contribution in [2.45, 2.75) is 17.9 Å². The van der Waals surface area contributed by atoms with Crippen molar-refractivity contribution in [2.75, 3.05) is 24.5 Å². The molecule has 0 saturated carbocycles. The Morgan fingerprint density at radius 2 is 1.96 bits per heavy atom. The van der Waals surface area contributed by atoms with E-state index in [1.807, 2.05) is 6.07 Å². The molecule has 0 amide bonds. The smallest absolute Gasteiger partial charge is 0.268 e. The van der Waals surface area contributed by atoms with E-state index in [1.54, 1.807) is 36.5 Å². The highest BCUT2D eigenvalue weighted by Crippen LogP contribution is 2.36. The van der Waals surface area contributed by atoms with E-state index in [1.165, 1.54) is 10.0 Å². The van der Waals surface area contributed by atoms with Crippen molar-refractivity contribution >= 4 is 49.8 Å². The fourth-order valence-electron chi connectivity index (χ4n) is 3.56. The Balaban J connectivity index is 1.86. The average Bonchev–Trinajstić information content (AvgIpc) is 3.06. The Kier molecular flexibility index (Phi) is 4.84. The van der Waals surface area contributed by atoms with Crippen molar-refractivity contribution in [1.29, 1.82) is 0 Å². The van der Waals surface area contributed by atoms with Gasteiger partial charge >= 0.3 is 0 Å². The lowest BCUT2D eigenvalue weighted by molar-refractivity contribution is 0.485. The van der Waals surface area contributed by atoms with E-state index in [2.05, 4.69) is 17.1 Å². The Hall–Kier alpha value is -1.73. The third kappa shape index (κ3) is 3.31. The van der Waals surface area contributed by atoms with E-state index in [0.717, 1.165) is 30.7 Å². The van der Waals surface area contributed by atoms with Crippen LogP contribution in [0.1, 0.15) is 6.92 Å². The molecule has 0 aliphatic carbocycles. The summed E-state index contributed by atoms with van der Waals surface area (Å²) in [5.74, 6) is 0. The summed E-state index contributed by atoms with van der Waals surface area (Å²) in [4.78, 5) is 2.36. The highest BCUT2D eigenvalue weighted by Gasteiger charge is 2.24. The van der Waals surface area contributed by atoms with Crippen molar-refractivity contribution < 1.29 is 8.42 Å². The largest absolute Gasteiger partial charge is 0.367 e. The van der Waals surface area contributed by atoms with Crippen LogP contribution in [0.4, 0.5) is 5.69 Å². The molecule has 0 bridgehead atoms. The van der Waals surface area contributed by atoms with E-state index in [9.17, 15) is 8.42 Å². The van der Waals surface area contributed by atoms with Crippen LogP contribution in [0, 0.1) is 0 Å². The van der Waals surface area contributed by atoms with Gasteiger partial charge in [0.2, 0.25) is 0 Å². The molecule has 5 nitrogen and oxygen atoms in total. The maximum atomic E-state index is 13.1. The summed E-state index contributed by atoms with van der Waals surface area (Å²) >= 11 is 12.5. The number of fused-ring (bicyclic) bond motifs is 1. The Labute approximate surface area is 168 Å². The fourth-order valence-corrected chi connectivity index (χ4v) is 5.49. The monoisotopic (exact) mass is 423 g/mol. The van der Waals surface area contributed by atoms with Crippen LogP contribution in [0.3, 0.4) is 0 Å². The van der Waals surface area contributed by atoms with Crippen molar-refractivity contribution in [3.05, 3.63) is 58.7 Å². The molecule has 1 fully saturated rings. The van der Waals surface area contributed by atoms with Crippen LogP contribution in [0.25, 0.3) is 10.9 Å².